The Morgan fingerprint density at radius 3 is 2.17 bits per heavy atom. The third-order valence-corrected chi connectivity index (χ3v) is 10.6. The second-order valence-electron chi connectivity index (χ2n) is 11.7. The number of hydrogen-bond acceptors (Lipinski definition) is 10. The highest BCUT2D eigenvalue weighted by atomic mass is 31.2. The van der Waals surface area contributed by atoms with E-state index in [0.717, 1.165) is 5.56 Å². The van der Waals surface area contributed by atoms with Crippen molar-refractivity contribution in [2.24, 2.45) is 5.92 Å². The van der Waals surface area contributed by atoms with Gasteiger partial charge in [-0.1, -0.05) is 44.2 Å². The Kier molecular flexibility index (Phi) is 15.3. The maximum absolute atomic E-state index is 13.7. The SMILES string of the molecule is CC(C)CC(NC(=O)[C@@H](Cc1ccccc1)NC(=O)c1cnccn1)B1OCCN(CCCC(=O)NC(P(=O)(O)O)P(=O)(O)O)CCO1. The van der Waals surface area contributed by atoms with Crippen LogP contribution in [0.15, 0.2) is 48.9 Å². The molecule has 1 aliphatic rings. The number of nitrogens with one attached hydrogen (secondary N) is 3. The average molecular weight is 712 g/mol. The Bertz CT molecular complexity index is 1400. The van der Waals surface area contributed by atoms with E-state index in [2.05, 4.69) is 20.6 Å². The zero-order valence-electron chi connectivity index (χ0n) is 26.8. The van der Waals surface area contributed by atoms with Crippen LogP contribution in [-0.4, -0.2) is 110 Å². The van der Waals surface area contributed by atoms with Crippen molar-refractivity contribution in [2.75, 3.05) is 32.8 Å². The quantitative estimate of drug-likeness (QED) is 0.0912. The van der Waals surface area contributed by atoms with Crippen molar-refractivity contribution in [2.45, 2.75) is 57.0 Å². The number of rotatable bonds is 16. The van der Waals surface area contributed by atoms with Crippen LogP contribution in [0.3, 0.4) is 0 Å². The van der Waals surface area contributed by atoms with Gasteiger partial charge in [-0.25, -0.2) is 4.98 Å². The molecular formula is C28H43BN6O11P2. The van der Waals surface area contributed by atoms with Crippen LogP contribution in [0.25, 0.3) is 0 Å². The largest absolute Gasteiger partial charge is 0.480 e. The first kappa shape index (κ1) is 39.4. The first-order valence-corrected chi connectivity index (χ1v) is 18.8. The van der Waals surface area contributed by atoms with Gasteiger partial charge in [0.1, 0.15) is 11.7 Å². The molecule has 1 unspecified atom stereocenters. The fourth-order valence-corrected chi connectivity index (χ4v) is 7.18. The molecule has 3 amide bonds. The van der Waals surface area contributed by atoms with E-state index in [4.69, 9.17) is 9.31 Å². The second kappa shape index (κ2) is 18.6. The fraction of sp³-hybridized carbons (Fsp3) is 0.536. The summed E-state index contributed by atoms with van der Waals surface area (Å²) in [4.78, 5) is 85.5. The summed E-state index contributed by atoms with van der Waals surface area (Å²) in [7, 11) is -11.3. The minimum atomic E-state index is -5.28. The molecule has 2 atom stereocenters. The number of benzene rings is 1. The third kappa shape index (κ3) is 13.5. The minimum absolute atomic E-state index is 0.0745. The van der Waals surface area contributed by atoms with E-state index in [9.17, 15) is 43.1 Å². The molecule has 3 rings (SSSR count). The van der Waals surface area contributed by atoms with Gasteiger partial charge in [0.2, 0.25) is 17.3 Å². The standard InChI is InChI=1S/C28H43BN6O11P2/c1-20(2)17-24(33-26(37)22(18-21-7-4-3-5-8-21)32-27(38)23-19-30-10-11-31-23)29-45-15-13-35(14-16-46-29)12-6-9-25(36)34-28(47(39,40)41)48(42,43)44/h3-5,7-8,10-11,19-20,22,24,28H,6,9,12-18H2,1-2H3,(H,32,38)(H,33,37)(H,34,36)(H2,39,40,41)(H2,42,43,44)/t22-,24?/m1/s1. The van der Waals surface area contributed by atoms with Gasteiger partial charge in [-0.3, -0.25) is 33.4 Å². The number of aromatic nitrogens is 2. The van der Waals surface area contributed by atoms with E-state index in [0.29, 0.717) is 26.1 Å². The Labute approximate surface area is 279 Å². The zero-order valence-corrected chi connectivity index (χ0v) is 28.5. The number of carbonyl (C=O) groups is 3. The van der Waals surface area contributed by atoms with Crippen LogP contribution in [0.2, 0.25) is 0 Å². The van der Waals surface area contributed by atoms with Gasteiger partial charge in [-0.05, 0) is 30.9 Å². The van der Waals surface area contributed by atoms with Crippen LogP contribution < -0.4 is 16.0 Å². The van der Waals surface area contributed by atoms with E-state index in [1.54, 1.807) is 5.32 Å². The highest BCUT2D eigenvalue weighted by Gasteiger charge is 2.44. The summed E-state index contributed by atoms with van der Waals surface area (Å²) in [5.74, 6) is -2.25. The predicted molar refractivity (Wildman–Crippen MR) is 174 cm³/mol. The molecule has 0 radical (unpaired) electrons. The van der Waals surface area contributed by atoms with Gasteiger partial charge in [-0.15, -0.1) is 0 Å². The van der Waals surface area contributed by atoms with E-state index < -0.39 is 57.5 Å². The van der Waals surface area contributed by atoms with Crippen molar-refractivity contribution in [3.8, 4) is 0 Å². The molecule has 0 bridgehead atoms. The molecule has 0 aliphatic carbocycles. The van der Waals surface area contributed by atoms with Crippen molar-refractivity contribution in [3.63, 3.8) is 0 Å². The summed E-state index contributed by atoms with van der Waals surface area (Å²) in [5, 5.41) is 7.55. The summed E-state index contributed by atoms with van der Waals surface area (Å²) in [6, 6.07) is 8.34. The third-order valence-electron chi connectivity index (χ3n) is 7.27. The van der Waals surface area contributed by atoms with Crippen LogP contribution >= 0.6 is 15.2 Å². The molecule has 1 saturated heterocycles. The Balaban J connectivity index is 1.58. The van der Waals surface area contributed by atoms with Crippen molar-refractivity contribution in [1.29, 1.82) is 0 Å². The van der Waals surface area contributed by atoms with Gasteiger partial charge in [0.15, 0.2) is 0 Å². The molecule has 1 aliphatic heterocycles. The summed E-state index contributed by atoms with van der Waals surface area (Å²) >= 11 is 0. The Hall–Kier alpha value is -3.05. The summed E-state index contributed by atoms with van der Waals surface area (Å²) in [5.41, 5.74) is -1.68. The number of hydrogen-bond donors (Lipinski definition) is 7. The van der Waals surface area contributed by atoms with Crippen molar-refractivity contribution >= 4 is 40.0 Å². The molecule has 2 aromatic rings. The van der Waals surface area contributed by atoms with Gasteiger partial charge < -0.3 is 44.8 Å². The maximum atomic E-state index is 13.7. The van der Waals surface area contributed by atoms with Gasteiger partial charge in [0.05, 0.1) is 12.1 Å². The smallest absolute Gasteiger partial charge is 0.408 e. The topological polar surface area (TPSA) is 250 Å². The van der Waals surface area contributed by atoms with Gasteiger partial charge in [-0.2, -0.15) is 0 Å². The molecule has 1 fully saturated rings. The monoisotopic (exact) mass is 712 g/mol. The first-order valence-electron chi connectivity index (χ1n) is 15.4. The molecule has 2 heterocycles. The highest BCUT2D eigenvalue weighted by molar-refractivity contribution is 7.70. The van der Waals surface area contributed by atoms with Crippen LogP contribution in [0, 0.1) is 5.92 Å². The lowest BCUT2D eigenvalue weighted by Crippen LogP contribution is -2.57. The normalized spacial score (nSPS) is 16.1. The Morgan fingerprint density at radius 2 is 1.60 bits per heavy atom. The number of nitrogens with zero attached hydrogens (tertiary/aromatic N) is 3. The van der Waals surface area contributed by atoms with E-state index >= 15 is 0 Å². The van der Waals surface area contributed by atoms with Gasteiger partial charge in [0, 0.05) is 51.5 Å². The van der Waals surface area contributed by atoms with Crippen LogP contribution in [0.5, 0.6) is 0 Å². The molecule has 0 saturated carbocycles. The highest BCUT2D eigenvalue weighted by Crippen LogP contribution is 2.58. The predicted octanol–water partition coefficient (Wildman–Crippen LogP) is 0.260. The van der Waals surface area contributed by atoms with Crippen molar-refractivity contribution in [1.82, 2.24) is 30.8 Å². The van der Waals surface area contributed by atoms with Crippen LogP contribution in [0.4, 0.5) is 0 Å². The molecule has 264 valence electrons. The van der Waals surface area contributed by atoms with Crippen molar-refractivity contribution in [3.05, 3.63) is 60.2 Å². The molecule has 48 heavy (non-hydrogen) atoms. The van der Waals surface area contributed by atoms with Gasteiger partial charge in [0.25, 0.3) is 5.91 Å². The molecule has 17 nitrogen and oxygen atoms in total. The lowest BCUT2D eigenvalue weighted by atomic mass is 9.73. The second-order valence-corrected chi connectivity index (χ2v) is 15.5. The van der Waals surface area contributed by atoms with E-state index in [1.165, 1.54) is 18.6 Å². The zero-order chi connectivity index (χ0) is 35.3. The maximum Gasteiger partial charge on any atom is 0.480 e. The molecule has 1 aromatic heterocycles. The van der Waals surface area contributed by atoms with Crippen LogP contribution in [-0.2, 0) is 34.4 Å². The summed E-state index contributed by atoms with van der Waals surface area (Å²) in [6.07, 6.45) is 4.91. The molecule has 1 aromatic carbocycles. The molecule has 20 heteroatoms. The molecular weight excluding hydrogens is 669 g/mol. The molecule has 7 N–H and O–H groups in total. The number of carbonyl (C=O) groups excluding carboxylic acids is 3. The fourth-order valence-electron chi connectivity index (χ4n) is 4.99. The van der Waals surface area contributed by atoms with E-state index in [1.807, 2.05) is 49.1 Å². The van der Waals surface area contributed by atoms with Crippen molar-refractivity contribution < 1.29 is 52.4 Å². The summed E-state index contributed by atoms with van der Waals surface area (Å²) in [6.45, 7) is 5.70. The average Bonchev–Trinajstić information content (AvgIpc) is 2.99. The lowest BCUT2D eigenvalue weighted by molar-refractivity contribution is -0.123. The minimum Gasteiger partial charge on any atom is -0.408 e. The Morgan fingerprint density at radius 1 is 0.958 bits per heavy atom. The number of amides is 3. The van der Waals surface area contributed by atoms with Gasteiger partial charge >= 0.3 is 22.3 Å². The lowest BCUT2D eigenvalue weighted by Gasteiger charge is -2.32. The van der Waals surface area contributed by atoms with Crippen LogP contribution in [0.1, 0.15) is 49.2 Å². The first-order chi connectivity index (χ1) is 22.6. The molecule has 0 spiro atoms. The van der Waals surface area contributed by atoms with E-state index in [-0.39, 0.29) is 44.1 Å². The summed E-state index contributed by atoms with van der Waals surface area (Å²) < 4.78 is 34.9.